The van der Waals surface area contributed by atoms with Crippen LogP contribution in [0, 0.1) is 5.82 Å². The second kappa shape index (κ2) is 8.90. The van der Waals surface area contributed by atoms with Gasteiger partial charge in [0.1, 0.15) is 17.3 Å². The van der Waals surface area contributed by atoms with Crippen LogP contribution in [0.3, 0.4) is 0 Å². The van der Waals surface area contributed by atoms with Crippen molar-refractivity contribution in [3.05, 3.63) is 77.4 Å². The molecule has 0 atom stereocenters. The number of nitrogens with zero attached hydrogens (tertiary/aromatic N) is 3. The van der Waals surface area contributed by atoms with E-state index in [9.17, 15) is 4.39 Å². The summed E-state index contributed by atoms with van der Waals surface area (Å²) in [6.07, 6.45) is 4.04. The molecule has 2 heterocycles. The first kappa shape index (κ1) is 19.2. The molecular weight excluding hydrogens is 367 g/mol. The Morgan fingerprint density at radius 1 is 1.07 bits per heavy atom. The molecule has 0 bridgehead atoms. The van der Waals surface area contributed by atoms with Gasteiger partial charge in [-0.3, -0.25) is 0 Å². The minimum atomic E-state index is -0.243. The zero-order valence-corrected chi connectivity index (χ0v) is 16.4. The molecule has 0 amide bonds. The average molecular weight is 392 g/mol. The van der Waals surface area contributed by atoms with Gasteiger partial charge < -0.3 is 15.2 Å². The van der Waals surface area contributed by atoms with Gasteiger partial charge in [-0.05, 0) is 36.5 Å². The topological polar surface area (TPSA) is 67.6 Å². The maximum Gasteiger partial charge on any atom is 0.191 e. The molecule has 1 aliphatic rings. The van der Waals surface area contributed by atoms with Crippen LogP contribution in [0.1, 0.15) is 36.3 Å². The minimum Gasteiger partial charge on any atom is -0.370 e. The zero-order valence-electron chi connectivity index (χ0n) is 16.4. The molecule has 5 nitrogen and oxygen atoms in total. The van der Waals surface area contributed by atoms with Crippen molar-refractivity contribution in [3.63, 3.8) is 0 Å². The molecular formula is C23H25FN4O. The van der Waals surface area contributed by atoms with Gasteiger partial charge in [0.15, 0.2) is 5.96 Å². The largest absolute Gasteiger partial charge is 0.370 e. The fourth-order valence-corrected chi connectivity index (χ4v) is 3.62. The molecule has 0 radical (unpaired) electrons. The standard InChI is InChI=1S/C23H25FN4O/c24-22-14-17(9-10-21(22)18-7-3-1-4-8-18)13-20-15-19(27-29-20)16-26-23(25)28-11-5-2-6-12-28/h1,3-4,7-10,14-15H,2,5-6,11-13,16H2,(H2,25,26). The number of likely N-dealkylation sites (tertiary alicyclic amines) is 1. The first-order chi connectivity index (χ1) is 14.2. The fraction of sp³-hybridized carbons (Fsp3) is 0.304. The Balaban J connectivity index is 1.39. The van der Waals surface area contributed by atoms with Crippen LogP contribution in [0.25, 0.3) is 11.1 Å². The number of aliphatic imine (C=N–C) groups is 1. The molecule has 150 valence electrons. The second-order valence-corrected chi connectivity index (χ2v) is 7.36. The van der Waals surface area contributed by atoms with E-state index in [2.05, 4.69) is 15.0 Å². The van der Waals surface area contributed by atoms with Crippen LogP contribution in [0.5, 0.6) is 0 Å². The summed E-state index contributed by atoms with van der Waals surface area (Å²) in [7, 11) is 0. The summed E-state index contributed by atoms with van der Waals surface area (Å²) in [5, 5.41) is 4.07. The number of piperidine rings is 1. The van der Waals surface area contributed by atoms with Gasteiger partial charge in [-0.15, -0.1) is 0 Å². The number of hydrogen-bond acceptors (Lipinski definition) is 3. The number of rotatable bonds is 5. The Hall–Kier alpha value is -3.15. The van der Waals surface area contributed by atoms with E-state index < -0.39 is 0 Å². The molecule has 1 fully saturated rings. The van der Waals surface area contributed by atoms with Crippen molar-refractivity contribution in [2.45, 2.75) is 32.2 Å². The molecule has 6 heteroatoms. The molecule has 0 aliphatic carbocycles. The number of guanidine groups is 1. The third-order valence-electron chi connectivity index (χ3n) is 5.19. The Morgan fingerprint density at radius 3 is 2.62 bits per heavy atom. The van der Waals surface area contributed by atoms with Crippen molar-refractivity contribution in [3.8, 4) is 11.1 Å². The summed E-state index contributed by atoms with van der Waals surface area (Å²) in [6, 6.07) is 16.7. The maximum atomic E-state index is 14.5. The van der Waals surface area contributed by atoms with Crippen LogP contribution < -0.4 is 5.73 Å². The smallest absolute Gasteiger partial charge is 0.191 e. The Labute approximate surface area is 170 Å². The Bertz CT molecular complexity index is 978. The van der Waals surface area contributed by atoms with Gasteiger partial charge in [0.25, 0.3) is 0 Å². The first-order valence-corrected chi connectivity index (χ1v) is 10.0. The molecule has 2 aromatic carbocycles. The van der Waals surface area contributed by atoms with Gasteiger partial charge in [0.05, 0.1) is 6.54 Å². The molecule has 4 rings (SSSR count). The van der Waals surface area contributed by atoms with E-state index in [1.165, 1.54) is 6.42 Å². The lowest BCUT2D eigenvalue weighted by Crippen LogP contribution is -2.40. The van der Waals surface area contributed by atoms with E-state index in [0.29, 0.717) is 30.2 Å². The summed E-state index contributed by atoms with van der Waals surface area (Å²) < 4.78 is 20.0. The van der Waals surface area contributed by atoms with E-state index >= 15 is 0 Å². The molecule has 29 heavy (non-hydrogen) atoms. The van der Waals surface area contributed by atoms with Crippen LogP contribution in [-0.4, -0.2) is 29.1 Å². The molecule has 0 saturated carbocycles. The highest BCUT2D eigenvalue weighted by Crippen LogP contribution is 2.24. The lowest BCUT2D eigenvalue weighted by molar-refractivity contribution is 0.337. The predicted octanol–water partition coefficient (Wildman–Crippen LogP) is 4.37. The lowest BCUT2D eigenvalue weighted by atomic mass is 10.0. The fourth-order valence-electron chi connectivity index (χ4n) is 3.62. The molecule has 2 N–H and O–H groups in total. The highest BCUT2D eigenvalue weighted by Gasteiger charge is 2.13. The SMILES string of the molecule is NC(=NCc1cc(Cc2ccc(-c3ccccc3)c(F)c2)on1)N1CCCCC1. The van der Waals surface area contributed by atoms with Crippen LogP contribution >= 0.6 is 0 Å². The number of hydrogen-bond donors (Lipinski definition) is 1. The van der Waals surface area contributed by atoms with Crippen molar-refractivity contribution in [1.82, 2.24) is 10.1 Å². The highest BCUT2D eigenvalue weighted by molar-refractivity contribution is 5.78. The van der Waals surface area contributed by atoms with E-state index in [4.69, 9.17) is 10.3 Å². The minimum absolute atomic E-state index is 0.243. The summed E-state index contributed by atoms with van der Waals surface area (Å²) in [5.74, 6) is 0.999. The van der Waals surface area contributed by atoms with Crippen molar-refractivity contribution >= 4 is 5.96 Å². The van der Waals surface area contributed by atoms with Gasteiger partial charge in [0.2, 0.25) is 0 Å². The molecule has 3 aromatic rings. The second-order valence-electron chi connectivity index (χ2n) is 7.36. The lowest BCUT2D eigenvalue weighted by Gasteiger charge is -2.27. The number of aromatic nitrogens is 1. The quantitative estimate of drug-likeness (QED) is 0.517. The van der Waals surface area contributed by atoms with E-state index in [1.807, 2.05) is 42.5 Å². The number of nitrogens with two attached hydrogens (primary N) is 1. The first-order valence-electron chi connectivity index (χ1n) is 10.0. The summed E-state index contributed by atoms with van der Waals surface area (Å²) >= 11 is 0. The van der Waals surface area contributed by atoms with Crippen molar-refractivity contribution in [2.75, 3.05) is 13.1 Å². The van der Waals surface area contributed by atoms with Gasteiger partial charge >= 0.3 is 0 Å². The van der Waals surface area contributed by atoms with Crippen molar-refractivity contribution in [2.24, 2.45) is 10.7 Å². The van der Waals surface area contributed by atoms with E-state index in [1.54, 1.807) is 12.1 Å². The van der Waals surface area contributed by atoms with E-state index in [0.717, 1.165) is 42.8 Å². The molecule has 0 spiro atoms. The van der Waals surface area contributed by atoms with Gasteiger partial charge in [-0.25, -0.2) is 9.38 Å². The van der Waals surface area contributed by atoms with Crippen molar-refractivity contribution < 1.29 is 8.91 Å². The summed E-state index contributed by atoms with van der Waals surface area (Å²) in [6.45, 7) is 2.31. The van der Waals surface area contributed by atoms with Crippen LogP contribution in [0.4, 0.5) is 4.39 Å². The molecule has 1 aliphatic heterocycles. The van der Waals surface area contributed by atoms with Gasteiger partial charge in [0, 0.05) is 31.1 Å². The maximum absolute atomic E-state index is 14.5. The van der Waals surface area contributed by atoms with E-state index in [-0.39, 0.29) is 5.82 Å². The Morgan fingerprint density at radius 2 is 1.86 bits per heavy atom. The number of benzene rings is 2. The zero-order chi connectivity index (χ0) is 20.1. The van der Waals surface area contributed by atoms with Gasteiger partial charge in [-0.1, -0.05) is 47.6 Å². The molecule has 0 unspecified atom stereocenters. The Kier molecular flexibility index (Phi) is 5.89. The third-order valence-corrected chi connectivity index (χ3v) is 5.19. The molecule has 1 aromatic heterocycles. The average Bonchev–Trinajstić information content (AvgIpc) is 3.20. The molecule has 1 saturated heterocycles. The van der Waals surface area contributed by atoms with Crippen molar-refractivity contribution in [1.29, 1.82) is 0 Å². The summed E-state index contributed by atoms with van der Waals surface area (Å²) in [5.41, 5.74) is 9.10. The van der Waals surface area contributed by atoms with Crippen LogP contribution in [-0.2, 0) is 13.0 Å². The third kappa shape index (κ3) is 4.83. The highest BCUT2D eigenvalue weighted by atomic mass is 19.1. The summed E-state index contributed by atoms with van der Waals surface area (Å²) in [4.78, 5) is 6.55. The predicted molar refractivity (Wildman–Crippen MR) is 112 cm³/mol. The normalized spacial score (nSPS) is 14.9. The van der Waals surface area contributed by atoms with Crippen LogP contribution in [0.15, 0.2) is 64.1 Å². The number of halogens is 1. The monoisotopic (exact) mass is 392 g/mol. The van der Waals surface area contributed by atoms with Crippen LogP contribution in [0.2, 0.25) is 0 Å². The van der Waals surface area contributed by atoms with Gasteiger partial charge in [-0.2, -0.15) is 0 Å².